The average molecular weight is 282 g/mol. The highest BCUT2D eigenvalue weighted by molar-refractivity contribution is 5.89. The van der Waals surface area contributed by atoms with E-state index in [0.717, 1.165) is 23.5 Å². The zero-order chi connectivity index (χ0) is 14.2. The number of aromatic amines is 1. The van der Waals surface area contributed by atoms with E-state index in [-0.39, 0.29) is 0 Å². The van der Waals surface area contributed by atoms with Crippen LogP contribution in [0.1, 0.15) is 37.7 Å². The predicted molar refractivity (Wildman–Crippen MR) is 84.1 cm³/mol. The molecule has 1 aromatic carbocycles. The van der Waals surface area contributed by atoms with Crippen LogP contribution in [-0.4, -0.2) is 28.4 Å². The van der Waals surface area contributed by atoms with Gasteiger partial charge >= 0.3 is 0 Å². The van der Waals surface area contributed by atoms with E-state index < -0.39 is 0 Å². The molecule has 2 heterocycles. The normalized spacial score (nSPS) is 22.7. The number of aromatic nitrogens is 1. The molecule has 2 aliphatic rings. The molecule has 0 bridgehead atoms. The summed E-state index contributed by atoms with van der Waals surface area (Å²) in [6.45, 7) is 0.961. The number of nitrogens with one attached hydrogen (secondary N) is 1. The third-order valence-electron chi connectivity index (χ3n) is 5.33. The Bertz CT molecular complexity index is 656. The van der Waals surface area contributed by atoms with Gasteiger partial charge in [0.1, 0.15) is 0 Å². The van der Waals surface area contributed by atoms with Crippen LogP contribution in [0, 0.1) is 5.92 Å². The van der Waals surface area contributed by atoms with Crippen LogP contribution < -0.4 is 0 Å². The Morgan fingerprint density at radius 1 is 1.19 bits per heavy atom. The van der Waals surface area contributed by atoms with E-state index in [1.807, 2.05) is 18.3 Å². The van der Waals surface area contributed by atoms with Crippen molar-refractivity contribution >= 4 is 16.8 Å². The zero-order valence-electron chi connectivity index (χ0n) is 12.3. The standard InChI is InChI=1S/C18H22N2O/c21-18(20-10-4-9-17(20)13-5-3-6-13)11-14-12-19-16-8-2-1-7-15(14)16/h1-2,7-8,12-13,17,19H,3-6,9-11H2. The van der Waals surface area contributed by atoms with Gasteiger partial charge in [-0.05, 0) is 43.2 Å². The SMILES string of the molecule is O=C(Cc1c[nH]c2ccccc12)N1CCCC1C1CCC1. The first-order valence-electron chi connectivity index (χ1n) is 8.17. The molecule has 4 rings (SSSR count). The van der Waals surface area contributed by atoms with Gasteiger partial charge in [-0.2, -0.15) is 0 Å². The lowest BCUT2D eigenvalue weighted by molar-refractivity contribution is -0.132. The molecule has 3 heteroatoms. The number of carbonyl (C=O) groups is 1. The lowest BCUT2D eigenvalue weighted by Crippen LogP contribution is -2.43. The highest BCUT2D eigenvalue weighted by Gasteiger charge is 2.37. The largest absolute Gasteiger partial charge is 0.361 e. The van der Waals surface area contributed by atoms with Crippen LogP contribution in [0.25, 0.3) is 10.9 Å². The molecule has 1 saturated carbocycles. The fraction of sp³-hybridized carbons (Fsp3) is 0.500. The minimum atomic E-state index is 0.314. The smallest absolute Gasteiger partial charge is 0.227 e. The molecule has 21 heavy (non-hydrogen) atoms. The lowest BCUT2D eigenvalue weighted by atomic mass is 9.78. The van der Waals surface area contributed by atoms with Gasteiger partial charge in [0.05, 0.1) is 6.42 Å². The van der Waals surface area contributed by atoms with Crippen molar-refractivity contribution in [3.63, 3.8) is 0 Å². The molecule has 0 radical (unpaired) electrons. The second-order valence-corrected chi connectivity index (χ2v) is 6.52. The number of rotatable bonds is 3. The van der Waals surface area contributed by atoms with Gasteiger partial charge in [0.25, 0.3) is 0 Å². The monoisotopic (exact) mass is 282 g/mol. The Hall–Kier alpha value is -1.77. The molecule has 1 aliphatic carbocycles. The summed E-state index contributed by atoms with van der Waals surface area (Å²) in [5.74, 6) is 1.09. The number of benzene rings is 1. The van der Waals surface area contributed by atoms with Crippen LogP contribution in [0.15, 0.2) is 30.5 Å². The van der Waals surface area contributed by atoms with Crippen molar-refractivity contribution in [2.75, 3.05) is 6.54 Å². The Kier molecular flexibility index (Phi) is 3.21. The average Bonchev–Trinajstić information content (AvgIpc) is 3.05. The van der Waals surface area contributed by atoms with Crippen LogP contribution in [0.3, 0.4) is 0 Å². The summed E-state index contributed by atoms with van der Waals surface area (Å²) >= 11 is 0. The number of H-pyrrole nitrogens is 1. The molecule has 1 aromatic heterocycles. The number of hydrogen-bond acceptors (Lipinski definition) is 1. The first-order chi connectivity index (χ1) is 10.3. The molecule has 110 valence electrons. The molecule has 1 unspecified atom stereocenters. The molecule has 1 saturated heterocycles. The van der Waals surface area contributed by atoms with Crippen molar-refractivity contribution < 1.29 is 4.79 Å². The zero-order valence-corrected chi connectivity index (χ0v) is 12.3. The third-order valence-corrected chi connectivity index (χ3v) is 5.33. The van der Waals surface area contributed by atoms with E-state index in [0.29, 0.717) is 18.4 Å². The number of para-hydroxylation sites is 1. The van der Waals surface area contributed by atoms with Crippen molar-refractivity contribution in [3.8, 4) is 0 Å². The van der Waals surface area contributed by atoms with Gasteiger partial charge in [-0.25, -0.2) is 0 Å². The highest BCUT2D eigenvalue weighted by Crippen LogP contribution is 2.37. The van der Waals surface area contributed by atoms with Crippen molar-refractivity contribution in [3.05, 3.63) is 36.0 Å². The molecule has 2 fully saturated rings. The van der Waals surface area contributed by atoms with E-state index in [2.05, 4.69) is 22.0 Å². The summed E-state index contributed by atoms with van der Waals surface area (Å²) in [6, 6.07) is 8.75. The molecule has 1 amide bonds. The fourth-order valence-electron chi connectivity index (χ4n) is 3.96. The van der Waals surface area contributed by atoms with Crippen molar-refractivity contribution in [1.29, 1.82) is 0 Å². The summed E-state index contributed by atoms with van der Waals surface area (Å²) < 4.78 is 0. The molecule has 2 aromatic rings. The number of fused-ring (bicyclic) bond motifs is 1. The molecular weight excluding hydrogens is 260 g/mol. The van der Waals surface area contributed by atoms with Gasteiger partial charge in [0, 0.05) is 29.7 Å². The maximum absolute atomic E-state index is 12.7. The van der Waals surface area contributed by atoms with E-state index >= 15 is 0 Å². The minimum Gasteiger partial charge on any atom is -0.361 e. The molecular formula is C18H22N2O. The lowest BCUT2D eigenvalue weighted by Gasteiger charge is -2.37. The number of amides is 1. The number of nitrogens with zero attached hydrogens (tertiary/aromatic N) is 1. The molecule has 0 spiro atoms. The summed E-state index contributed by atoms with van der Waals surface area (Å²) in [5, 5.41) is 1.19. The summed E-state index contributed by atoms with van der Waals surface area (Å²) in [7, 11) is 0. The number of hydrogen-bond donors (Lipinski definition) is 1. The van der Waals surface area contributed by atoms with E-state index in [4.69, 9.17) is 0 Å². The number of likely N-dealkylation sites (tertiary alicyclic amines) is 1. The van der Waals surface area contributed by atoms with Crippen LogP contribution in [0.4, 0.5) is 0 Å². The summed E-state index contributed by atoms with van der Waals surface area (Å²) in [5.41, 5.74) is 2.26. The second-order valence-electron chi connectivity index (χ2n) is 6.52. The van der Waals surface area contributed by atoms with Crippen LogP contribution in [0.5, 0.6) is 0 Å². The maximum Gasteiger partial charge on any atom is 0.227 e. The predicted octanol–water partition coefficient (Wildman–Crippen LogP) is 3.50. The summed E-state index contributed by atoms with van der Waals surface area (Å²) in [4.78, 5) is 18.2. The first-order valence-corrected chi connectivity index (χ1v) is 8.17. The first kappa shape index (κ1) is 12.9. The topological polar surface area (TPSA) is 36.1 Å². The van der Waals surface area contributed by atoms with Gasteiger partial charge in [-0.15, -0.1) is 0 Å². The maximum atomic E-state index is 12.7. The van der Waals surface area contributed by atoms with E-state index in [9.17, 15) is 4.79 Å². The Morgan fingerprint density at radius 2 is 2.05 bits per heavy atom. The van der Waals surface area contributed by atoms with Gasteiger partial charge in [0.15, 0.2) is 0 Å². The fourth-order valence-corrected chi connectivity index (χ4v) is 3.96. The van der Waals surface area contributed by atoms with E-state index in [1.54, 1.807) is 0 Å². The quantitative estimate of drug-likeness (QED) is 0.919. The van der Waals surface area contributed by atoms with E-state index in [1.165, 1.54) is 37.5 Å². The highest BCUT2D eigenvalue weighted by atomic mass is 16.2. The number of carbonyl (C=O) groups excluding carboxylic acids is 1. The van der Waals surface area contributed by atoms with Crippen LogP contribution >= 0.6 is 0 Å². The van der Waals surface area contributed by atoms with Gasteiger partial charge in [0.2, 0.25) is 5.91 Å². The van der Waals surface area contributed by atoms with Crippen molar-refractivity contribution in [2.24, 2.45) is 5.92 Å². The Morgan fingerprint density at radius 3 is 2.86 bits per heavy atom. The molecule has 3 nitrogen and oxygen atoms in total. The molecule has 1 N–H and O–H groups in total. The molecule has 1 aliphatic heterocycles. The van der Waals surface area contributed by atoms with Gasteiger partial charge < -0.3 is 9.88 Å². The second kappa shape index (κ2) is 5.21. The van der Waals surface area contributed by atoms with Crippen LogP contribution in [-0.2, 0) is 11.2 Å². The Labute approximate surface area is 125 Å². The van der Waals surface area contributed by atoms with Crippen molar-refractivity contribution in [1.82, 2.24) is 9.88 Å². The third kappa shape index (κ3) is 2.25. The van der Waals surface area contributed by atoms with Crippen LogP contribution in [0.2, 0.25) is 0 Å². The Balaban J connectivity index is 1.52. The molecule has 1 atom stereocenters. The van der Waals surface area contributed by atoms with Gasteiger partial charge in [-0.3, -0.25) is 4.79 Å². The summed E-state index contributed by atoms with van der Waals surface area (Å²) in [6.07, 6.45) is 8.92. The van der Waals surface area contributed by atoms with Gasteiger partial charge in [-0.1, -0.05) is 24.6 Å². The van der Waals surface area contributed by atoms with Crippen molar-refractivity contribution in [2.45, 2.75) is 44.6 Å². The minimum absolute atomic E-state index is 0.314.